The molecule has 21 heavy (non-hydrogen) atoms. The molecule has 0 saturated heterocycles. The molecule has 0 N–H and O–H groups in total. The molecular formula is C18H16N2S. The number of fused-ring (bicyclic) bond motifs is 1. The summed E-state index contributed by atoms with van der Waals surface area (Å²) in [7, 11) is 0. The van der Waals surface area contributed by atoms with Crippen molar-refractivity contribution in [3.05, 3.63) is 84.2 Å². The van der Waals surface area contributed by atoms with Gasteiger partial charge in [0.2, 0.25) is 0 Å². The van der Waals surface area contributed by atoms with Crippen LogP contribution in [0.2, 0.25) is 0 Å². The van der Waals surface area contributed by atoms with Gasteiger partial charge < -0.3 is 4.57 Å². The van der Waals surface area contributed by atoms with Crippen LogP contribution in [0.3, 0.4) is 0 Å². The van der Waals surface area contributed by atoms with Crippen LogP contribution in [0.1, 0.15) is 17.5 Å². The van der Waals surface area contributed by atoms with E-state index in [1.807, 2.05) is 18.0 Å². The molecule has 4 rings (SSSR count). The Labute approximate surface area is 128 Å². The van der Waals surface area contributed by atoms with Gasteiger partial charge in [0.15, 0.2) is 5.16 Å². The minimum atomic E-state index is -0.0378. The van der Waals surface area contributed by atoms with E-state index < -0.39 is 0 Å². The van der Waals surface area contributed by atoms with Crippen LogP contribution in [0.15, 0.2) is 78.2 Å². The van der Waals surface area contributed by atoms with Crippen molar-refractivity contribution in [3.63, 3.8) is 0 Å². The third kappa shape index (κ3) is 2.09. The zero-order valence-electron chi connectivity index (χ0n) is 11.6. The summed E-state index contributed by atoms with van der Waals surface area (Å²) < 4.78 is 2.21. The lowest BCUT2D eigenvalue weighted by Crippen LogP contribution is -2.29. The molecular weight excluding hydrogens is 276 g/mol. The minimum Gasteiger partial charge on any atom is -0.326 e. The lowest BCUT2D eigenvalue weighted by molar-refractivity contribution is 0.507. The molecule has 1 aromatic heterocycles. The van der Waals surface area contributed by atoms with Gasteiger partial charge in [-0.2, -0.15) is 0 Å². The molecule has 0 amide bonds. The van der Waals surface area contributed by atoms with Crippen molar-refractivity contribution in [2.24, 2.45) is 0 Å². The van der Waals surface area contributed by atoms with E-state index >= 15 is 0 Å². The van der Waals surface area contributed by atoms with Gasteiger partial charge in [-0.1, -0.05) is 72.4 Å². The molecule has 3 heteroatoms. The van der Waals surface area contributed by atoms with E-state index in [0.717, 1.165) is 18.1 Å². The summed E-state index contributed by atoms with van der Waals surface area (Å²) in [4.78, 5) is 4.53. The Morgan fingerprint density at radius 2 is 1.52 bits per heavy atom. The lowest BCUT2D eigenvalue weighted by atomic mass is 9.87. The first-order valence-electron chi connectivity index (χ1n) is 7.20. The number of hydrogen-bond donors (Lipinski definition) is 0. The van der Waals surface area contributed by atoms with Gasteiger partial charge in [0, 0.05) is 18.9 Å². The van der Waals surface area contributed by atoms with Gasteiger partial charge in [0.25, 0.3) is 0 Å². The second-order valence-corrected chi connectivity index (χ2v) is 6.58. The summed E-state index contributed by atoms with van der Waals surface area (Å²) in [5.41, 5.74) is 2.71. The van der Waals surface area contributed by atoms with Crippen molar-refractivity contribution < 1.29 is 0 Å². The van der Waals surface area contributed by atoms with Crippen molar-refractivity contribution in [3.8, 4) is 0 Å². The predicted octanol–water partition coefficient (Wildman–Crippen LogP) is 4.32. The first-order valence-corrected chi connectivity index (χ1v) is 8.01. The normalized spacial score (nSPS) is 16.4. The van der Waals surface area contributed by atoms with Crippen molar-refractivity contribution in [2.45, 2.75) is 22.9 Å². The smallest absolute Gasteiger partial charge is 0.169 e. The first kappa shape index (κ1) is 12.7. The second-order valence-electron chi connectivity index (χ2n) is 5.31. The largest absolute Gasteiger partial charge is 0.326 e. The van der Waals surface area contributed by atoms with E-state index in [-0.39, 0.29) is 4.75 Å². The van der Waals surface area contributed by atoms with Gasteiger partial charge in [-0.05, 0) is 17.5 Å². The number of benzene rings is 2. The number of aromatic nitrogens is 2. The number of hydrogen-bond acceptors (Lipinski definition) is 2. The number of nitrogens with zero attached hydrogens (tertiary/aromatic N) is 2. The molecule has 2 aromatic carbocycles. The van der Waals surface area contributed by atoms with Gasteiger partial charge in [0.1, 0.15) is 0 Å². The molecule has 1 aliphatic rings. The molecule has 0 fully saturated rings. The van der Waals surface area contributed by atoms with E-state index in [1.165, 1.54) is 11.1 Å². The third-order valence-electron chi connectivity index (χ3n) is 4.13. The molecule has 0 aliphatic carbocycles. The van der Waals surface area contributed by atoms with Gasteiger partial charge in [0.05, 0.1) is 4.75 Å². The third-order valence-corrected chi connectivity index (χ3v) is 5.67. The average molecular weight is 292 g/mol. The van der Waals surface area contributed by atoms with Crippen molar-refractivity contribution in [2.75, 3.05) is 0 Å². The maximum atomic E-state index is 4.53. The maximum Gasteiger partial charge on any atom is 0.169 e. The first-order chi connectivity index (χ1) is 10.4. The molecule has 0 radical (unpaired) electrons. The molecule has 0 bridgehead atoms. The summed E-state index contributed by atoms with van der Waals surface area (Å²) in [6, 6.07) is 21.6. The van der Waals surface area contributed by atoms with Crippen molar-refractivity contribution in [1.29, 1.82) is 0 Å². The Morgan fingerprint density at radius 1 is 0.905 bits per heavy atom. The molecule has 0 unspecified atom stereocenters. The zero-order valence-corrected chi connectivity index (χ0v) is 12.5. The quantitative estimate of drug-likeness (QED) is 0.700. The number of rotatable bonds is 2. The van der Waals surface area contributed by atoms with Crippen LogP contribution in [0.5, 0.6) is 0 Å². The van der Waals surface area contributed by atoms with Gasteiger partial charge in [-0.3, -0.25) is 0 Å². The van der Waals surface area contributed by atoms with E-state index in [9.17, 15) is 0 Å². The highest BCUT2D eigenvalue weighted by Gasteiger charge is 2.39. The molecule has 0 spiro atoms. The van der Waals surface area contributed by atoms with Gasteiger partial charge in [-0.15, -0.1) is 0 Å². The summed E-state index contributed by atoms with van der Waals surface area (Å²) >= 11 is 1.87. The molecule has 104 valence electrons. The van der Waals surface area contributed by atoms with Gasteiger partial charge >= 0.3 is 0 Å². The summed E-state index contributed by atoms with van der Waals surface area (Å²) in [5, 5.41) is 1.11. The number of aryl methyl sites for hydroxylation is 1. The summed E-state index contributed by atoms with van der Waals surface area (Å²) in [5.74, 6) is 0. The molecule has 2 nitrogen and oxygen atoms in total. The van der Waals surface area contributed by atoms with E-state index in [4.69, 9.17) is 0 Å². The van der Waals surface area contributed by atoms with Crippen molar-refractivity contribution in [1.82, 2.24) is 9.55 Å². The average Bonchev–Trinajstić information content (AvgIpc) is 3.03. The molecule has 2 heterocycles. The predicted molar refractivity (Wildman–Crippen MR) is 86.4 cm³/mol. The SMILES string of the molecule is c1ccc(C2(c3ccccc3)CCn3ccnc3S2)cc1. The fraction of sp³-hybridized carbons (Fsp3) is 0.167. The Hall–Kier alpha value is -2.00. The van der Waals surface area contributed by atoms with E-state index in [0.29, 0.717) is 0 Å². The van der Waals surface area contributed by atoms with Crippen LogP contribution in [0, 0.1) is 0 Å². The zero-order chi connectivity index (χ0) is 14.1. The Kier molecular flexibility index (Phi) is 3.08. The fourth-order valence-electron chi connectivity index (χ4n) is 3.04. The molecule has 0 saturated carbocycles. The second kappa shape index (κ2) is 5.08. The van der Waals surface area contributed by atoms with E-state index in [2.05, 4.69) is 76.4 Å². The summed E-state index contributed by atoms with van der Waals surface area (Å²) in [6.07, 6.45) is 5.05. The molecule has 3 aromatic rings. The topological polar surface area (TPSA) is 17.8 Å². The monoisotopic (exact) mass is 292 g/mol. The van der Waals surface area contributed by atoms with Crippen LogP contribution >= 0.6 is 11.8 Å². The minimum absolute atomic E-state index is 0.0378. The molecule has 1 aliphatic heterocycles. The number of thioether (sulfide) groups is 1. The lowest BCUT2D eigenvalue weighted by Gasteiger charge is -2.37. The Morgan fingerprint density at radius 3 is 2.14 bits per heavy atom. The fourth-order valence-corrected chi connectivity index (χ4v) is 4.44. The summed E-state index contributed by atoms with van der Waals surface area (Å²) in [6.45, 7) is 1.01. The van der Waals surface area contributed by atoms with Crippen LogP contribution < -0.4 is 0 Å². The highest BCUT2D eigenvalue weighted by molar-refractivity contribution is 8.00. The van der Waals surface area contributed by atoms with Crippen LogP contribution in [0.25, 0.3) is 0 Å². The van der Waals surface area contributed by atoms with E-state index in [1.54, 1.807) is 0 Å². The molecule has 0 atom stereocenters. The maximum absolute atomic E-state index is 4.53. The number of imidazole rings is 1. The highest BCUT2D eigenvalue weighted by atomic mass is 32.2. The standard InChI is InChI=1S/C18H16N2S/c1-3-7-15(8-4-1)18(16-9-5-2-6-10-16)11-13-20-14-12-19-17(20)21-18/h1-10,12,14H,11,13H2. The van der Waals surface area contributed by atoms with Gasteiger partial charge in [-0.25, -0.2) is 4.98 Å². The highest BCUT2D eigenvalue weighted by Crippen LogP contribution is 2.51. The Bertz CT molecular complexity index is 695. The Balaban J connectivity index is 1.89. The van der Waals surface area contributed by atoms with Crippen LogP contribution in [-0.2, 0) is 11.3 Å². The van der Waals surface area contributed by atoms with Crippen LogP contribution in [-0.4, -0.2) is 9.55 Å². The van der Waals surface area contributed by atoms with Crippen molar-refractivity contribution >= 4 is 11.8 Å². The van der Waals surface area contributed by atoms with Crippen LogP contribution in [0.4, 0.5) is 0 Å².